The second kappa shape index (κ2) is 11.5. The lowest BCUT2D eigenvalue weighted by Gasteiger charge is -2.27. The van der Waals surface area contributed by atoms with Gasteiger partial charge in [-0.1, -0.05) is 115 Å². The van der Waals surface area contributed by atoms with E-state index in [0.717, 1.165) is 22.7 Å². The molecule has 0 bridgehead atoms. The molecular formula is C44H30N2S. The van der Waals surface area contributed by atoms with Crippen LogP contribution in [0.5, 0.6) is 0 Å². The lowest BCUT2D eigenvalue weighted by atomic mass is 10.1. The van der Waals surface area contributed by atoms with Gasteiger partial charge in [-0.25, -0.2) is 0 Å². The van der Waals surface area contributed by atoms with Crippen LogP contribution in [0, 0.1) is 0 Å². The molecule has 0 atom stereocenters. The molecule has 0 saturated heterocycles. The summed E-state index contributed by atoms with van der Waals surface area (Å²) in [5.41, 5.74) is 9.44. The van der Waals surface area contributed by atoms with Crippen LogP contribution in [0.1, 0.15) is 0 Å². The molecule has 0 radical (unpaired) electrons. The minimum Gasteiger partial charge on any atom is -0.310 e. The van der Waals surface area contributed by atoms with Crippen molar-refractivity contribution in [1.29, 1.82) is 0 Å². The third-order valence-electron chi connectivity index (χ3n) is 9.03. The Kier molecular flexibility index (Phi) is 6.69. The zero-order valence-corrected chi connectivity index (χ0v) is 26.4. The van der Waals surface area contributed by atoms with Gasteiger partial charge in [0.1, 0.15) is 0 Å². The number of hydrogen-bond acceptors (Lipinski definition) is 2. The number of hydrogen-bond donors (Lipinski definition) is 0. The minimum atomic E-state index is 1.11. The highest BCUT2D eigenvalue weighted by atomic mass is 32.1. The molecule has 0 aliphatic carbocycles. The van der Waals surface area contributed by atoms with Gasteiger partial charge in [0, 0.05) is 43.0 Å². The van der Waals surface area contributed by atoms with E-state index in [-0.39, 0.29) is 0 Å². The molecule has 0 aliphatic heterocycles. The van der Waals surface area contributed by atoms with Gasteiger partial charge < -0.3 is 9.47 Å². The Morgan fingerprint density at radius 2 is 0.894 bits per heavy atom. The van der Waals surface area contributed by atoms with E-state index in [2.05, 4.69) is 191 Å². The van der Waals surface area contributed by atoms with Crippen molar-refractivity contribution in [3.8, 4) is 26.6 Å². The lowest BCUT2D eigenvalue weighted by molar-refractivity contribution is 1.17. The van der Waals surface area contributed by atoms with Gasteiger partial charge in [-0.15, -0.1) is 11.3 Å². The third kappa shape index (κ3) is 4.80. The summed E-state index contributed by atoms with van der Waals surface area (Å²) in [4.78, 5) is 4.93. The van der Waals surface area contributed by atoms with Gasteiger partial charge >= 0.3 is 0 Å². The molecule has 0 spiro atoms. The van der Waals surface area contributed by atoms with E-state index >= 15 is 0 Å². The molecule has 9 aromatic rings. The molecule has 2 heterocycles. The van der Waals surface area contributed by atoms with E-state index in [1.165, 1.54) is 53.5 Å². The first-order valence-electron chi connectivity index (χ1n) is 15.9. The van der Waals surface area contributed by atoms with Gasteiger partial charge in [0.05, 0.1) is 16.7 Å². The van der Waals surface area contributed by atoms with Crippen LogP contribution in [0.2, 0.25) is 0 Å². The summed E-state index contributed by atoms with van der Waals surface area (Å²) < 4.78 is 2.37. The van der Waals surface area contributed by atoms with Gasteiger partial charge in [-0.2, -0.15) is 0 Å². The second-order valence-electron chi connectivity index (χ2n) is 11.8. The van der Waals surface area contributed by atoms with Crippen LogP contribution in [0.4, 0.5) is 17.1 Å². The number of anilines is 3. The second-order valence-corrected chi connectivity index (χ2v) is 12.9. The quantitative estimate of drug-likeness (QED) is 0.180. The Bertz CT molecular complexity index is 2450. The molecule has 2 aromatic heterocycles. The first-order valence-corrected chi connectivity index (χ1v) is 16.8. The summed E-state index contributed by atoms with van der Waals surface area (Å²) >= 11 is 1.83. The summed E-state index contributed by atoms with van der Waals surface area (Å²) in [5, 5.41) is 4.98. The molecule has 2 nitrogen and oxygen atoms in total. The highest BCUT2D eigenvalue weighted by Crippen LogP contribution is 2.41. The van der Waals surface area contributed by atoms with E-state index < -0.39 is 0 Å². The Morgan fingerprint density at radius 3 is 1.55 bits per heavy atom. The van der Waals surface area contributed by atoms with Crippen molar-refractivity contribution in [3.63, 3.8) is 0 Å². The number of fused-ring (bicyclic) bond motifs is 4. The fourth-order valence-electron chi connectivity index (χ4n) is 6.81. The summed E-state index contributed by atoms with van der Waals surface area (Å²) in [5.74, 6) is 0. The summed E-state index contributed by atoms with van der Waals surface area (Å²) in [7, 11) is 0. The van der Waals surface area contributed by atoms with Crippen molar-refractivity contribution >= 4 is 61.0 Å². The number of aromatic nitrogens is 1. The number of nitrogens with zero attached hydrogens (tertiary/aromatic N) is 2. The van der Waals surface area contributed by atoms with Crippen molar-refractivity contribution < 1.29 is 0 Å². The average Bonchev–Trinajstić information content (AvgIpc) is 3.77. The largest absolute Gasteiger partial charge is 0.310 e. The van der Waals surface area contributed by atoms with Crippen LogP contribution in [-0.4, -0.2) is 4.57 Å². The van der Waals surface area contributed by atoms with E-state index in [1.54, 1.807) is 0 Å². The molecule has 222 valence electrons. The topological polar surface area (TPSA) is 8.17 Å². The van der Waals surface area contributed by atoms with Crippen molar-refractivity contribution in [1.82, 2.24) is 4.57 Å². The minimum absolute atomic E-state index is 1.11. The summed E-state index contributed by atoms with van der Waals surface area (Å²) in [6.07, 6.45) is 0. The standard InChI is InChI=1S/C44H30N2S/c1-2-12-32(13-3-1)43-29-30-44(47-43)33-21-23-34(24-22-33)45(40-20-10-14-31-11-4-5-15-37(31)40)35-25-27-36(28-26-35)46-41-18-8-6-16-38(41)39-17-7-9-19-42(39)46/h1-30H. The molecule has 3 heteroatoms. The molecular weight excluding hydrogens is 589 g/mol. The number of thiophene rings is 1. The zero-order valence-electron chi connectivity index (χ0n) is 25.6. The summed E-state index contributed by atoms with van der Waals surface area (Å²) in [6.45, 7) is 0. The molecule has 9 rings (SSSR count). The highest BCUT2D eigenvalue weighted by Gasteiger charge is 2.17. The lowest BCUT2D eigenvalue weighted by Crippen LogP contribution is -2.10. The fourth-order valence-corrected chi connectivity index (χ4v) is 7.82. The predicted molar refractivity (Wildman–Crippen MR) is 202 cm³/mol. The first kappa shape index (κ1) is 27.4. The predicted octanol–water partition coefficient (Wildman–Crippen LogP) is 12.8. The molecule has 0 aliphatic rings. The Hall–Kier alpha value is -5.90. The fraction of sp³-hybridized carbons (Fsp3) is 0. The molecule has 0 N–H and O–H groups in total. The van der Waals surface area contributed by atoms with Gasteiger partial charge in [0.15, 0.2) is 0 Å². The first-order chi connectivity index (χ1) is 23.3. The monoisotopic (exact) mass is 618 g/mol. The number of para-hydroxylation sites is 2. The van der Waals surface area contributed by atoms with Gasteiger partial charge in [-0.05, 0) is 83.2 Å². The SMILES string of the molecule is c1ccc(-c2ccc(-c3ccc(N(c4ccc(-n5c6ccccc6c6ccccc65)cc4)c4cccc5ccccc45)cc3)s2)cc1. The molecule has 7 aromatic carbocycles. The number of benzene rings is 7. The van der Waals surface area contributed by atoms with Crippen molar-refractivity contribution in [3.05, 3.63) is 182 Å². The van der Waals surface area contributed by atoms with E-state index in [4.69, 9.17) is 0 Å². The van der Waals surface area contributed by atoms with Crippen LogP contribution >= 0.6 is 11.3 Å². The van der Waals surface area contributed by atoms with E-state index in [9.17, 15) is 0 Å². The van der Waals surface area contributed by atoms with Crippen LogP contribution < -0.4 is 4.90 Å². The van der Waals surface area contributed by atoms with Crippen LogP contribution in [-0.2, 0) is 0 Å². The average molecular weight is 619 g/mol. The van der Waals surface area contributed by atoms with Crippen LogP contribution in [0.3, 0.4) is 0 Å². The molecule has 0 saturated carbocycles. The van der Waals surface area contributed by atoms with E-state index in [1.807, 2.05) is 11.3 Å². The summed E-state index contributed by atoms with van der Waals surface area (Å²) in [6, 6.07) is 65.6. The highest BCUT2D eigenvalue weighted by molar-refractivity contribution is 7.18. The molecule has 0 unspecified atom stereocenters. The third-order valence-corrected chi connectivity index (χ3v) is 10.2. The smallest absolute Gasteiger partial charge is 0.0541 e. The maximum absolute atomic E-state index is 2.38. The van der Waals surface area contributed by atoms with Crippen LogP contribution in [0.25, 0.3) is 59.1 Å². The van der Waals surface area contributed by atoms with Gasteiger partial charge in [0.2, 0.25) is 0 Å². The Balaban J connectivity index is 1.14. The van der Waals surface area contributed by atoms with Crippen LogP contribution in [0.15, 0.2) is 182 Å². The normalized spacial score (nSPS) is 11.4. The van der Waals surface area contributed by atoms with Crippen molar-refractivity contribution in [2.75, 3.05) is 4.90 Å². The molecule has 47 heavy (non-hydrogen) atoms. The van der Waals surface area contributed by atoms with E-state index in [0.29, 0.717) is 0 Å². The van der Waals surface area contributed by atoms with Gasteiger partial charge in [0.25, 0.3) is 0 Å². The number of rotatable bonds is 6. The van der Waals surface area contributed by atoms with Crippen molar-refractivity contribution in [2.45, 2.75) is 0 Å². The van der Waals surface area contributed by atoms with Gasteiger partial charge in [-0.3, -0.25) is 0 Å². The molecule has 0 amide bonds. The zero-order chi connectivity index (χ0) is 31.2. The maximum Gasteiger partial charge on any atom is 0.0541 e. The Labute approximate surface area is 278 Å². The van der Waals surface area contributed by atoms with Crippen molar-refractivity contribution in [2.24, 2.45) is 0 Å². The Morgan fingerprint density at radius 1 is 0.383 bits per heavy atom. The molecule has 0 fully saturated rings. The maximum atomic E-state index is 2.38.